The van der Waals surface area contributed by atoms with E-state index in [0.717, 1.165) is 16.2 Å². The average Bonchev–Trinajstić information content (AvgIpc) is 2.98. The van der Waals surface area contributed by atoms with E-state index in [0.29, 0.717) is 19.5 Å². The lowest BCUT2D eigenvalue weighted by molar-refractivity contribution is -0.128. The number of H-pyrrole nitrogens is 1. The quantitative estimate of drug-likeness (QED) is 0.765. The molecule has 1 saturated heterocycles. The van der Waals surface area contributed by atoms with E-state index >= 15 is 0 Å². The van der Waals surface area contributed by atoms with Gasteiger partial charge in [0.15, 0.2) is 0 Å². The van der Waals surface area contributed by atoms with Gasteiger partial charge in [0.1, 0.15) is 5.82 Å². The van der Waals surface area contributed by atoms with Crippen LogP contribution in [0.15, 0.2) is 58.1 Å². The van der Waals surface area contributed by atoms with Gasteiger partial charge in [0, 0.05) is 32.0 Å². The molecule has 0 aliphatic carbocycles. The van der Waals surface area contributed by atoms with Crippen LogP contribution in [0.1, 0.15) is 12.0 Å². The molecule has 4 rings (SSSR count). The zero-order valence-electron chi connectivity index (χ0n) is 14.5. The third kappa shape index (κ3) is 3.40. The number of carbonyl (C=O) groups excluding carboxylic acids is 1. The summed E-state index contributed by atoms with van der Waals surface area (Å²) in [7, 11) is 0. The number of aromatic nitrogens is 2. The molecule has 2 aromatic carbocycles. The Hall–Kier alpha value is -3.22. The van der Waals surface area contributed by atoms with Crippen molar-refractivity contribution in [2.45, 2.75) is 19.5 Å². The summed E-state index contributed by atoms with van der Waals surface area (Å²) in [5, 5.41) is 0.251. The monoisotopic (exact) mass is 367 g/mol. The summed E-state index contributed by atoms with van der Waals surface area (Å²) in [6, 6.07) is 13.4. The molecule has 0 saturated carbocycles. The lowest BCUT2D eigenvalue weighted by atomic mass is 10.1. The van der Waals surface area contributed by atoms with Gasteiger partial charge in [0.25, 0.3) is 5.56 Å². The van der Waals surface area contributed by atoms with Gasteiger partial charge in [-0.15, -0.1) is 0 Å². The van der Waals surface area contributed by atoms with Crippen LogP contribution >= 0.6 is 0 Å². The van der Waals surface area contributed by atoms with Gasteiger partial charge in [-0.05, 0) is 23.8 Å². The molecule has 2 heterocycles. The van der Waals surface area contributed by atoms with Crippen molar-refractivity contribution in [3.63, 3.8) is 0 Å². The molecule has 1 amide bonds. The Kier molecular flexibility index (Phi) is 4.35. The molecule has 138 valence electrons. The molecule has 27 heavy (non-hydrogen) atoms. The van der Waals surface area contributed by atoms with Crippen LogP contribution in [-0.4, -0.2) is 26.9 Å². The number of aromatic amines is 1. The van der Waals surface area contributed by atoms with Crippen LogP contribution in [0.4, 0.5) is 4.39 Å². The highest BCUT2D eigenvalue weighted by molar-refractivity contribution is 5.79. The summed E-state index contributed by atoms with van der Waals surface area (Å²) in [6.45, 7) is 1.15. The van der Waals surface area contributed by atoms with Gasteiger partial charge >= 0.3 is 5.69 Å². The minimum absolute atomic E-state index is 0.0104. The van der Waals surface area contributed by atoms with Gasteiger partial charge in [-0.3, -0.25) is 14.2 Å². The van der Waals surface area contributed by atoms with Crippen molar-refractivity contribution in [1.82, 2.24) is 14.5 Å². The molecule has 1 N–H and O–H groups in total. The van der Waals surface area contributed by atoms with Gasteiger partial charge < -0.3 is 9.88 Å². The molecule has 1 aliphatic heterocycles. The Bertz CT molecular complexity index is 1120. The molecule has 1 unspecified atom stereocenters. The second-order valence-corrected chi connectivity index (χ2v) is 6.87. The van der Waals surface area contributed by atoms with E-state index in [9.17, 15) is 18.8 Å². The first-order valence-electron chi connectivity index (χ1n) is 8.75. The number of hydrogen-bond acceptors (Lipinski definition) is 3. The number of carbonyl (C=O) groups is 1. The summed E-state index contributed by atoms with van der Waals surface area (Å²) in [5.41, 5.74) is 0.151. The third-order valence-corrected chi connectivity index (χ3v) is 4.90. The standard InChI is InChI=1S/C20H18FN3O3/c21-15-6-7-16-17(9-15)22-20(27)24(19(16)26)12-14-8-18(25)23(11-14)10-13-4-2-1-3-5-13/h1-7,9,14H,8,10-12H2,(H,22,27). The molecule has 0 radical (unpaired) electrons. The highest BCUT2D eigenvalue weighted by Gasteiger charge is 2.30. The summed E-state index contributed by atoms with van der Waals surface area (Å²) in [4.78, 5) is 41.5. The van der Waals surface area contributed by atoms with E-state index in [1.807, 2.05) is 30.3 Å². The first kappa shape index (κ1) is 17.2. The van der Waals surface area contributed by atoms with E-state index in [4.69, 9.17) is 0 Å². The van der Waals surface area contributed by atoms with Crippen LogP contribution in [0.5, 0.6) is 0 Å². The summed E-state index contributed by atoms with van der Waals surface area (Å²) in [5.74, 6) is -0.637. The van der Waals surface area contributed by atoms with Gasteiger partial charge in [0.2, 0.25) is 5.91 Å². The highest BCUT2D eigenvalue weighted by Crippen LogP contribution is 2.21. The van der Waals surface area contributed by atoms with Crippen LogP contribution in [0, 0.1) is 11.7 Å². The van der Waals surface area contributed by atoms with E-state index in [2.05, 4.69) is 4.98 Å². The molecule has 7 heteroatoms. The number of likely N-dealkylation sites (tertiary alicyclic amines) is 1. The Morgan fingerprint density at radius 2 is 1.85 bits per heavy atom. The maximum Gasteiger partial charge on any atom is 0.328 e. The normalized spacial score (nSPS) is 17.0. The maximum atomic E-state index is 13.3. The molecular formula is C20H18FN3O3. The maximum absolute atomic E-state index is 13.3. The third-order valence-electron chi connectivity index (χ3n) is 4.90. The van der Waals surface area contributed by atoms with Crippen LogP contribution in [0.2, 0.25) is 0 Å². The fourth-order valence-corrected chi connectivity index (χ4v) is 3.58. The molecule has 1 aromatic heterocycles. The fourth-order valence-electron chi connectivity index (χ4n) is 3.58. The van der Waals surface area contributed by atoms with Crippen molar-refractivity contribution < 1.29 is 9.18 Å². The Morgan fingerprint density at radius 1 is 1.07 bits per heavy atom. The van der Waals surface area contributed by atoms with Crippen molar-refractivity contribution in [1.29, 1.82) is 0 Å². The predicted molar refractivity (Wildman–Crippen MR) is 98.8 cm³/mol. The summed E-state index contributed by atoms with van der Waals surface area (Å²) in [6.07, 6.45) is 0.292. The van der Waals surface area contributed by atoms with Crippen molar-refractivity contribution >= 4 is 16.8 Å². The number of hydrogen-bond donors (Lipinski definition) is 1. The molecular weight excluding hydrogens is 349 g/mol. The molecule has 0 bridgehead atoms. The van der Waals surface area contributed by atoms with E-state index < -0.39 is 17.1 Å². The van der Waals surface area contributed by atoms with Crippen LogP contribution in [0.3, 0.4) is 0 Å². The SMILES string of the molecule is O=C1CC(Cn2c(=O)[nH]c3cc(F)ccc3c2=O)CN1Cc1ccccc1. The zero-order chi connectivity index (χ0) is 19.0. The van der Waals surface area contributed by atoms with Crippen LogP contribution < -0.4 is 11.2 Å². The lowest BCUT2D eigenvalue weighted by Gasteiger charge is -2.17. The van der Waals surface area contributed by atoms with E-state index in [-0.39, 0.29) is 29.3 Å². The number of nitrogens with one attached hydrogen (secondary N) is 1. The van der Waals surface area contributed by atoms with Gasteiger partial charge in [0.05, 0.1) is 10.9 Å². The van der Waals surface area contributed by atoms with Gasteiger partial charge in [-0.2, -0.15) is 0 Å². The number of nitrogens with zero attached hydrogens (tertiary/aromatic N) is 2. The van der Waals surface area contributed by atoms with E-state index in [1.165, 1.54) is 12.1 Å². The second kappa shape index (κ2) is 6.83. The summed E-state index contributed by atoms with van der Waals surface area (Å²) >= 11 is 0. The number of halogens is 1. The molecule has 0 spiro atoms. The second-order valence-electron chi connectivity index (χ2n) is 6.87. The fraction of sp³-hybridized carbons (Fsp3) is 0.250. The average molecular weight is 367 g/mol. The minimum atomic E-state index is -0.591. The van der Waals surface area contributed by atoms with Crippen LogP contribution in [-0.2, 0) is 17.9 Å². The van der Waals surface area contributed by atoms with Gasteiger partial charge in [-0.25, -0.2) is 9.18 Å². The Labute approximate surface area is 153 Å². The first-order chi connectivity index (χ1) is 13.0. The number of amides is 1. The molecule has 1 fully saturated rings. The zero-order valence-corrected chi connectivity index (χ0v) is 14.5. The minimum Gasteiger partial charge on any atom is -0.338 e. The largest absolute Gasteiger partial charge is 0.338 e. The number of rotatable bonds is 4. The predicted octanol–water partition coefficient (Wildman–Crippen LogP) is 1.88. The van der Waals surface area contributed by atoms with Crippen molar-refractivity contribution in [2.24, 2.45) is 5.92 Å². The smallest absolute Gasteiger partial charge is 0.328 e. The van der Waals surface area contributed by atoms with Crippen molar-refractivity contribution in [3.05, 3.63) is 80.7 Å². The van der Waals surface area contributed by atoms with Crippen molar-refractivity contribution in [2.75, 3.05) is 6.54 Å². The topological polar surface area (TPSA) is 75.2 Å². The number of benzene rings is 2. The highest BCUT2D eigenvalue weighted by atomic mass is 19.1. The number of fused-ring (bicyclic) bond motifs is 1. The van der Waals surface area contributed by atoms with E-state index in [1.54, 1.807) is 4.90 Å². The molecule has 1 atom stereocenters. The Balaban J connectivity index is 1.56. The first-order valence-corrected chi connectivity index (χ1v) is 8.75. The van der Waals surface area contributed by atoms with Crippen molar-refractivity contribution in [3.8, 4) is 0 Å². The molecule has 3 aromatic rings. The lowest BCUT2D eigenvalue weighted by Crippen LogP contribution is -2.37. The Morgan fingerprint density at radius 3 is 2.63 bits per heavy atom. The van der Waals surface area contributed by atoms with Gasteiger partial charge in [-0.1, -0.05) is 30.3 Å². The molecule has 1 aliphatic rings. The van der Waals surface area contributed by atoms with Crippen LogP contribution in [0.25, 0.3) is 10.9 Å². The summed E-state index contributed by atoms with van der Waals surface area (Å²) < 4.78 is 14.4. The molecule has 6 nitrogen and oxygen atoms in total.